The number of para-hydroxylation sites is 1. The van der Waals surface area contributed by atoms with Crippen molar-refractivity contribution in [3.63, 3.8) is 0 Å². The van der Waals surface area contributed by atoms with E-state index in [1.807, 2.05) is 53.1 Å². The molecule has 0 unspecified atom stereocenters. The molecule has 164 valence electrons. The molecule has 1 aromatic carbocycles. The first-order valence-corrected chi connectivity index (χ1v) is 12.4. The Bertz CT molecular complexity index is 1450. The molecule has 0 spiro atoms. The summed E-state index contributed by atoms with van der Waals surface area (Å²) in [7, 11) is 0. The van der Waals surface area contributed by atoms with Gasteiger partial charge in [-0.25, -0.2) is 4.98 Å². The summed E-state index contributed by atoms with van der Waals surface area (Å²) in [6, 6.07) is 11.6. The molecule has 32 heavy (non-hydrogen) atoms. The molecular weight excluding hydrogens is 442 g/mol. The number of benzene rings is 1. The molecule has 0 fully saturated rings. The third-order valence-corrected chi connectivity index (χ3v) is 7.17. The van der Waals surface area contributed by atoms with Crippen molar-refractivity contribution < 1.29 is 4.42 Å². The van der Waals surface area contributed by atoms with Crippen molar-refractivity contribution in [2.45, 2.75) is 44.6 Å². The Morgan fingerprint density at radius 1 is 1.16 bits per heavy atom. The van der Waals surface area contributed by atoms with Crippen LogP contribution in [-0.2, 0) is 12.3 Å². The maximum absolute atomic E-state index is 13.2. The molecule has 5 aromatic rings. The molecule has 4 heterocycles. The highest BCUT2D eigenvalue weighted by atomic mass is 32.2. The van der Waals surface area contributed by atoms with Crippen LogP contribution in [0.15, 0.2) is 56.1 Å². The minimum absolute atomic E-state index is 0.0226. The normalized spacial score (nSPS) is 11.9. The van der Waals surface area contributed by atoms with E-state index in [2.05, 4.69) is 29.0 Å². The third-order valence-electron chi connectivity index (χ3n) is 5.37. The molecule has 0 radical (unpaired) electrons. The van der Waals surface area contributed by atoms with Gasteiger partial charge in [0.25, 0.3) is 5.56 Å². The Morgan fingerprint density at radius 3 is 2.78 bits per heavy atom. The molecule has 0 amide bonds. The summed E-state index contributed by atoms with van der Waals surface area (Å²) in [6.45, 7) is 6.85. The molecule has 9 heteroatoms. The zero-order valence-corrected chi connectivity index (χ0v) is 19.7. The number of nitrogens with zero attached hydrogens (tertiary/aromatic N) is 5. The maximum atomic E-state index is 13.2. The third kappa shape index (κ3) is 3.75. The molecule has 4 aromatic heterocycles. The lowest BCUT2D eigenvalue weighted by molar-refractivity contribution is 0.512. The van der Waals surface area contributed by atoms with Crippen molar-refractivity contribution >= 4 is 39.8 Å². The van der Waals surface area contributed by atoms with Crippen LogP contribution in [0, 0.1) is 12.8 Å². The second-order valence-corrected chi connectivity index (χ2v) is 9.95. The monoisotopic (exact) mass is 465 g/mol. The Labute approximate surface area is 193 Å². The molecule has 0 bridgehead atoms. The quantitative estimate of drug-likeness (QED) is 0.299. The number of thiophene rings is 1. The topological polar surface area (TPSA) is 78.2 Å². The summed E-state index contributed by atoms with van der Waals surface area (Å²) in [5.41, 5.74) is 1.68. The van der Waals surface area contributed by atoms with E-state index in [1.54, 1.807) is 27.7 Å². The zero-order chi connectivity index (χ0) is 22.2. The smallest absolute Gasteiger partial charge is 0.262 e. The Hall–Kier alpha value is -2.91. The summed E-state index contributed by atoms with van der Waals surface area (Å²) < 4.78 is 9.60. The summed E-state index contributed by atoms with van der Waals surface area (Å²) in [6.07, 6.45) is 0.896. The molecule has 0 saturated heterocycles. The predicted octanol–water partition coefficient (Wildman–Crippen LogP) is 5.41. The van der Waals surface area contributed by atoms with Gasteiger partial charge < -0.3 is 4.42 Å². The van der Waals surface area contributed by atoms with Crippen molar-refractivity contribution in [3.8, 4) is 10.8 Å². The van der Waals surface area contributed by atoms with E-state index in [0.717, 1.165) is 33.4 Å². The number of oxazole rings is 1. The fraction of sp³-hybridized carbons (Fsp3) is 0.304. The number of aryl methyl sites for hydroxylation is 2. The van der Waals surface area contributed by atoms with E-state index in [9.17, 15) is 4.79 Å². The zero-order valence-electron chi connectivity index (χ0n) is 18.1. The van der Waals surface area contributed by atoms with Crippen molar-refractivity contribution in [2.24, 2.45) is 5.92 Å². The summed E-state index contributed by atoms with van der Waals surface area (Å²) >= 11 is 3.15. The van der Waals surface area contributed by atoms with E-state index in [-0.39, 0.29) is 5.56 Å². The fourth-order valence-electron chi connectivity index (χ4n) is 3.62. The second-order valence-electron chi connectivity index (χ2n) is 8.06. The summed E-state index contributed by atoms with van der Waals surface area (Å²) in [5.74, 6) is 3.10. The maximum Gasteiger partial charge on any atom is 0.262 e. The molecule has 0 N–H and O–H groups in total. The fourth-order valence-corrected chi connectivity index (χ4v) is 5.21. The second kappa shape index (κ2) is 8.55. The van der Waals surface area contributed by atoms with Crippen LogP contribution in [0.2, 0.25) is 0 Å². The van der Waals surface area contributed by atoms with Gasteiger partial charge in [-0.05, 0) is 42.8 Å². The number of hydrogen-bond acceptors (Lipinski definition) is 7. The highest BCUT2D eigenvalue weighted by Crippen LogP contribution is 2.30. The molecule has 0 aliphatic rings. The molecule has 0 aliphatic carbocycles. The average molecular weight is 466 g/mol. The summed E-state index contributed by atoms with van der Waals surface area (Å²) in [5, 5.41) is 12.2. The van der Waals surface area contributed by atoms with E-state index < -0.39 is 0 Å². The first kappa shape index (κ1) is 21.0. The van der Waals surface area contributed by atoms with Gasteiger partial charge in [-0.1, -0.05) is 43.8 Å². The van der Waals surface area contributed by atoms with E-state index in [0.29, 0.717) is 35.3 Å². The molecule has 7 nitrogen and oxygen atoms in total. The first-order valence-electron chi connectivity index (χ1n) is 10.5. The van der Waals surface area contributed by atoms with Gasteiger partial charge in [0.1, 0.15) is 5.76 Å². The standard InChI is InChI=1S/C23H23N5O2S2/c1-14(2)10-11-27-21(29)16-7-4-5-8-18(16)28-22(27)25-26-23(28)32-13-17-15(3)30-20(24-17)19-9-6-12-31-19/h4-9,12,14H,10-11,13H2,1-3H3. The van der Waals surface area contributed by atoms with Gasteiger partial charge in [-0.2, -0.15) is 0 Å². The van der Waals surface area contributed by atoms with E-state index in [1.165, 1.54) is 0 Å². The lowest BCUT2D eigenvalue weighted by atomic mass is 10.1. The molecule has 0 atom stereocenters. The lowest BCUT2D eigenvalue weighted by Gasteiger charge is -2.12. The molecule has 0 aliphatic heterocycles. The number of fused-ring (bicyclic) bond motifs is 3. The van der Waals surface area contributed by atoms with E-state index in [4.69, 9.17) is 4.42 Å². The van der Waals surface area contributed by atoms with Crippen molar-refractivity contribution in [1.82, 2.24) is 24.1 Å². The van der Waals surface area contributed by atoms with Crippen LogP contribution in [0.4, 0.5) is 0 Å². The van der Waals surface area contributed by atoms with Gasteiger partial charge in [0, 0.05) is 12.3 Å². The average Bonchev–Trinajstić information content (AvgIpc) is 3.52. The van der Waals surface area contributed by atoms with Crippen LogP contribution in [0.3, 0.4) is 0 Å². The van der Waals surface area contributed by atoms with Crippen LogP contribution < -0.4 is 5.56 Å². The SMILES string of the molecule is Cc1oc(-c2cccs2)nc1CSc1nnc2n(CCC(C)C)c(=O)c3ccccc3n12. The number of thioether (sulfide) groups is 1. The Morgan fingerprint density at radius 2 is 2.00 bits per heavy atom. The number of hydrogen-bond donors (Lipinski definition) is 0. The van der Waals surface area contributed by atoms with Gasteiger partial charge >= 0.3 is 0 Å². The molecule has 5 rings (SSSR count). The minimum atomic E-state index is -0.0226. The highest BCUT2D eigenvalue weighted by molar-refractivity contribution is 7.98. The van der Waals surface area contributed by atoms with Crippen molar-refractivity contribution in [1.29, 1.82) is 0 Å². The van der Waals surface area contributed by atoms with Crippen LogP contribution >= 0.6 is 23.1 Å². The van der Waals surface area contributed by atoms with E-state index >= 15 is 0 Å². The van der Waals surface area contributed by atoms with Gasteiger partial charge in [-0.15, -0.1) is 21.5 Å². The van der Waals surface area contributed by atoms with Gasteiger partial charge in [0.05, 0.1) is 21.5 Å². The van der Waals surface area contributed by atoms with Crippen LogP contribution in [0.5, 0.6) is 0 Å². The number of rotatable bonds is 7. The lowest BCUT2D eigenvalue weighted by Crippen LogP contribution is -2.24. The van der Waals surface area contributed by atoms with Crippen LogP contribution in [0.25, 0.3) is 27.4 Å². The molecule has 0 saturated carbocycles. The van der Waals surface area contributed by atoms with Crippen molar-refractivity contribution in [3.05, 3.63) is 63.6 Å². The minimum Gasteiger partial charge on any atom is -0.440 e. The molecular formula is C23H23N5O2S2. The summed E-state index contributed by atoms with van der Waals surface area (Å²) in [4.78, 5) is 18.9. The van der Waals surface area contributed by atoms with Gasteiger partial charge in [0.15, 0.2) is 5.16 Å². The first-order chi connectivity index (χ1) is 15.5. The highest BCUT2D eigenvalue weighted by Gasteiger charge is 2.19. The van der Waals surface area contributed by atoms with Gasteiger partial charge in [-0.3, -0.25) is 13.8 Å². The predicted molar refractivity (Wildman–Crippen MR) is 128 cm³/mol. The Kier molecular flexibility index (Phi) is 5.60. The largest absolute Gasteiger partial charge is 0.440 e. The van der Waals surface area contributed by atoms with Crippen LogP contribution in [-0.4, -0.2) is 24.1 Å². The number of aromatic nitrogens is 5. The Balaban J connectivity index is 1.53. The van der Waals surface area contributed by atoms with Crippen molar-refractivity contribution in [2.75, 3.05) is 0 Å². The van der Waals surface area contributed by atoms with Crippen LogP contribution in [0.1, 0.15) is 31.7 Å². The van der Waals surface area contributed by atoms with Gasteiger partial charge in [0.2, 0.25) is 11.7 Å².